The topological polar surface area (TPSA) is 96.7 Å². The van der Waals surface area contributed by atoms with E-state index in [0.717, 1.165) is 28.6 Å². The lowest BCUT2D eigenvalue weighted by Gasteiger charge is -2.03. The van der Waals surface area contributed by atoms with Crippen LogP contribution in [0.4, 0.5) is 5.69 Å². The number of anilines is 1. The third kappa shape index (κ3) is 2.51. The molecule has 0 aliphatic heterocycles. The van der Waals surface area contributed by atoms with Gasteiger partial charge in [0.2, 0.25) is 5.89 Å². The van der Waals surface area contributed by atoms with Gasteiger partial charge in [0.25, 0.3) is 11.8 Å². The summed E-state index contributed by atoms with van der Waals surface area (Å²) in [4.78, 5) is 13.4. The number of para-hydroxylation sites is 1. The minimum atomic E-state index is -0.279. The molecular formula is C17H13N5O2S. The van der Waals surface area contributed by atoms with Crippen molar-refractivity contribution in [2.24, 2.45) is 0 Å². The molecule has 0 radical (unpaired) electrons. The van der Waals surface area contributed by atoms with E-state index < -0.39 is 0 Å². The molecule has 0 bridgehead atoms. The Hall–Kier alpha value is -3.00. The summed E-state index contributed by atoms with van der Waals surface area (Å²) in [5.41, 5.74) is 1.83. The average Bonchev–Trinajstić information content (AvgIpc) is 3.03. The zero-order valence-corrected chi connectivity index (χ0v) is 13.8. The molecule has 0 atom stereocenters. The van der Waals surface area contributed by atoms with Crippen molar-refractivity contribution < 1.29 is 9.21 Å². The van der Waals surface area contributed by atoms with E-state index in [1.807, 2.05) is 35.7 Å². The van der Waals surface area contributed by atoms with Gasteiger partial charge in [-0.15, -0.1) is 21.5 Å². The average molecular weight is 351 g/mol. The monoisotopic (exact) mass is 351 g/mol. The van der Waals surface area contributed by atoms with Crippen LogP contribution in [0.5, 0.6) is 0 Å². The van der Waals surface area contributed by atoms with Crippen LogP contribution in [0.1, 0.15) is 35.1 Å². The van der Waals surface area contributed by atoms with Gasteiger partial charge in [-0.25, -0.2) is 0 Å². The van der Waals surface area contributed by atoms with Crippen LogP contribution in [-0.2, 0) is 0 Å². The van der Waals surface area contributed by atoms with E-state index in [-0.39, 0.29) is 5.91 Å². The largest absolute Gasteiger partial charge is 0.420 e. The zero-order valence-electron chi connectivity index (χ0n) is 13.0. The first-order chi connectivity index (χ1) is 12.3. The standard InChI is InChI=1S/C17H13N5O2S/c23-15(13-10-3-1-2-4-11(10)19-20-13)18-12-7-8-25-14(12)17-22-21-16(24-17)9-5-6-9/h1-4,7-9H,5-6H2,(H,18,23)(H,19,20). The summed E-state index contributed by atoms with van der Waals surface area (Å²) in [6.07, 6.45) is 2.20. The third-order valence-corrected chi connectivity index (χ3v) is 5.06. The van der Waals surface area contributed by atoms with Gasteiger partial charge in [0.1, 0.15) is 4.88 Å². The van der Waals surface area contributed by atoms with Crippen LogP contribution < -0.4 is 5.32 Å². The predicted octanol–water partition coefficient (Wildman–Crippen LogP) is 3.80. The van der Waals surface area contributed by atoms with Gasteiger partial charge in [-0.1, -0.05) is 18.2 Å². The Kier molecular flexibility index (Phi) is 3.17. The summed E-state index contributed by atoms with van der Waals surface area (Å²) < 4.78 is 5.75. The number of amides is 1. The highest BCUT2D eigenvalue weighted by atomic mass is 32.1. The van der Waals surface area contributed by atoms with Crippen molar-refractivity contribution >= 4 is 33.8 Å². The van der Waals surface area contributed by atoms with E-state index in [2.05, 4.69) is 25.7 Å². The second kappa shape index (κ2) is 5.52. The van der Waals surface area contributed by atoms with Crippen LogP contribution in [0.3, 0.4) is 0 Å². The zero-order chi connectivity index (χ0) is 16.8. The molecule has 7 nitrogen and oxygen atoms in total. The Morgan fingerprint density at radius 1 is 1.24 bits per heavy atom. The molecule has 0 unspecified atom stereocenters. The number of benzene rings is 1. The summed E-state index contributed by atoms with van der Waals surface area (Å²) >= 11 is 1.45. The summed E-state index contributed by atoms with van der Waals surface area (Å²) in [5.74, 6) is 1.24. The van der Waals surface area contributed by atoms with Gasteiger partial charge in [-0.05, 0) is 30.4 Å². The SMILES string of the molecule is O=C(Nc1ccsc1-c1nnc(C2CC2)o1)c1n[nH]c2ccccc12. The molecule has 8 heteroatoms. The van der Waals surface area contributed by atoms with Gasteiger partial charge < -0.3 is 9.73 Å². The van der Waals surface area contributed by atoms with Crippen molar-refractivity contribution in [2.75, 3.05) is 5.32 Å². The summed E-state index contributed by atoms with van der Waals surface area (Å²) in [7, 11) is 0. The number of nitrogens with one attached hydrogen (secondary N) is 2. The lowest BCUT2D eigenvalue weighted by atomic mass is 10.2. The Morgan fingerprint density at radius 3 is 3.00 bits per heavy atom. The van der Waals surface area contributed by atoms with E-state index in [4.69, 9.17) is 4.42 Å². The van der Waals surface area contributed by atoms with Gasteiger partial charge in [-0.3, -0.25) is 9.89 Å². The fraction of sp³-hybridized carbons (Fsp3) is 0.176. The number of aromatic amines is 1. The smallest absolute Gasteiger partial charge is 0.276 e. The summed E-state index contributed by atoms with van der Waals surface area (Å²) in [5, 5.41) is 20.8. The van der Waals surface area contributed by atoms with Crippen molar-refractivity contribution in [3.8, 4) is 10.8 Å². The molecule has 5 rings (SSSR count). The lowest BCUT2D eigenvalue weighted by Crippen LogP contribution is -2.12. The van der Waals surface area contributed by atoms with Crippen LogP contribution in [-0.4, -0.2) is 26.3 Å². The number of hydrogen-bond acceptors (Lipinski definition) is 6. The number of rotatable bonds is 4. The minimum absolute atomic E-state index is 0.279. The molecule has 1 aromatic carbocycles. The molecule has 3 aromatic heterocycles. The number of carbonyl (C=O) groups excluding carboxylic acids is 1. The number of thiophene rings is 1. The molecule has 0 spiro atoms. The minimum Gasteiger partial charge on any atom is -0.420 e. The van der Waals surface area contributed by atoms with Gasteiger partial charge in [0.15, 0.2) is 5.69 Å². The fourth-order valence-corrected chi connectivity index (χ4v) is 3.48. The molecule has 1 aliphatic carbocycles. The van der Waals surface area contributed by atoms with Crippen molar-refractivity contribution in [1.29, 1.82) is 0 Å². The van der Waals surface area contributed by atoms with Crippen molar-refractivity contribution in [1.82, 2.24) is 20.4 Å². The van der Waals surface area contributed by atoms with Crippen LogP contribution in [0, 0.1) is 0 Å². The molecule has 1 aliphatic rings. The molecule has 3 heterocycles. The molecule has 1 fully saturated rings. The van der Waals surface area contributed by atoms with E-state index in [9.17, 15) is 4.79 Å². The highest BCUT2D eigenvalue weighted by Crippen LogP contribution is 2.41. The third-order valence-electron chi connectivity index (χ3n) is 4.16. The molecule has 1 saturated carbocycles. The molecular weight excluding hydrogens is 338 g/mol. The van der Waals surface area contributed by atoms with Crippen molar-refractivity contribution in [3.05, 3.63) is 47.3 Å². The summed E-state index contributed by atoms with van der Waals surface area (Å²) in [6.45, 7) is 0. The molecule has 2 N–H and O–H groups in total. The van der Waals surface area contributed by atoms with E-state index in [1.54, 1.807) is 0 Å². The Morgan fingerprint density at radius 2 is 2.12 bits per heavy atom. The Bertz CT molecular complexity index is 1080. The van der Waals surface area contributed by atoms with Gasteiger partial charge in [0.05, 0.1) is 11.2 Å². The van der Waals surface area contributed by atoms with E-state index >= 15 is 0 Å². The van der Waals surface area contributed by atoms with Gasteiger partial charge >= 0.3 is 0 Å². The number of fused-ring (bicyclic) bond motifs is 1. The molecule has 4 aromatic rings. The van der Waals surface area contributed by atoms with E-state index in [1.165, 1.54) is 11.3 Å². The molecule has 25 heavy (non-hydrogen) atoms. The maximum absolute atomic E-state index is 12.6. The van der Waals surface area contributed by atoms with Gasteiger partial charge in [0, 0.05) is 11.3 Å². The quantitative estimate of drug-likeness (QED) is 0.583. The summed E-state index contributed by atoms with van der Waals surface area (Å²) in [6, 6.07) is 9.34. The maximum Gasteiger partial charge on any atom is 0.276 e. The van der Waals surface area contributed by atoms with Crippen molar-refractivity contribution in [3.63, 3.8) is 0 Å². The maximum atomic E-state index is 12.6. The predicted molar refractivity (Wildman–Crippen MR) is 93.6 cm³/mol. The normalized spacial score (nSPS) is 14.1. The van der Waals surface area contributed by atoms with Gasteiger partial charge in [-0.2, -0.15) is 5.10 Å². The Balaban J connectivity index is 1.44. The number of nitrogens with zero attached hydrogens (tertiary/aromatic N) is 3. The van der Waals surface area contributed by atoms with Crippen molar-refractivity contribution in [2.45, 2.75) is 18.8 Å². The molecule has 124 valence electrons. The Labute approximate surface area is 146 Å². The lowest BCUT2D eigenvalue weighted by molar-refractivity contribution is 0.102. The van der Waals surface area contributed by atoms with Crippen LogP contribution in [0.25, 0.3) is 21.7 Å². The first kappa shape index (κ1) is 14.4. The highest BCUT2D eigenvalue weighted by Gasteiger charge is 2.30. The second-order valence-corrected chi connectivity index (χ2v) is 6.87. The highest BCUT2D eigenvalue weighted by molar-refractivity contribution is 7.14. The number of H-pyrrole nitrogens is 1. The van der Waals surface area contributed by atoms with E-state index in [0.29, 0.717) is 29.1 Å². The fourth-order valence-electron chi connectivity index (χ4n) is 2.71. The van der Waals surface area contributed by atoms with Crippen LogP contribution in [0.2, 0.25) is 0 Å². The number of carbonyl (C=O) groups is 1. The molecule has 0 saturated heterocycles. The molecule has 1 amide bonds. The van der Waals surface area contributed by atoms with Crippen LogP contribution in [0.15, 0.2) is 40.1 Å². The number of hydrogen-bond donors (Lipinski definition) is 2. The first-order valence-electron chi connectivity index (χ1n) is 7.95. The van der Waals surface area contributed by atoms with Crippen LogP contribution >= 0.6 is 11.3 Å². The second-order valence-electron chi connectivity index (χ2n) is 5.96. The number of aromatic nitrogens is 4. The first-order valence-corrected chi connectivity index (χ1v) is 8.83.